The Labute approximate surface area is 110 Å². The van der Waals surface area contributed by atoms with E-state index in [1.807, 2.05) is 0 Å². The molecule has 0 aliphatic carbocycles. The van der Waals surface area contributed by atoms with E-state index in [0.29, 0.717) is 32.4 Å². The van der Waals surface area contributed by atoms with Gasteiger partial charge in [0.25, 0.3) is 5.91 Å². The van der Waals surface area contributed by atoms with Crippen LogP contribution < -0.4 is 0 Å². The lowest BCUT2D eigenvalue weighted by Gasteiger charge is -2.20. The Balaban J connectivity index is 1.88. The lowest BCUT2D eigenvalue weighted by atomic mass is 10.1. The molecule has 106 valence electrons. The molecule has 7 nitrogen and oxygen atoms in total. The summed E-state index contributed by atoms with van der Waals surface area (Å²) in [4.78, 5) is 35.8. The highest BCUT2D eigenvalue weighted by atomic mass is 16.5. The Kier molecular flexibility index (Phi) is 4.04. The summed E-state index contributed by atoms with van der Waals surface area (Å²) in [6.07, 6.45) is -0.256. The first kappa shape index (κ1) is 13.8. The zero-order valence-corrected chi connectivity index (χ0v) is 10.7. The fraction of sp³-hybridized carbons (Fsp3) is 0.750. The number of rotatable bonds is 3. The molecule has 2 saturated heterocycles. The van der Waals surface area contributed by atoms with E-state index >= 15 is 0 Å². The molecule has 3 unspecified atom stereocenters. The SMILES string of the molecule is COC(=O)C1CCN(C(=O)C2CCC(C(=O)O)O2)C1. The van der Waals surface area contributed by atoms with Crippen molar-refractivity contribution >= 4 is 17.8 Å². The highest BCUT2D eigenvalue weighted by Crippen LogP contribution is 2.25. The monoisotopic (exact) mass is 271 g/mol. The van der Waals surface area contributed by atoms with Crippen molar-refractivity contribution in [1.82, 2.24) is 4.90 Å². The molecule has 0 aromatic carbocycles. The molecular formula is C12H17NO6. The van der Waals surface area contributed by atoms with Crippen LogP contribution in [-0.4, -0.2) is 60.3 Å². The van der Waals surface area contributed by atoms with Crippen LogP contribution in [0.4, 0.5) is 0 Å². The van der Waals surface area contributed by atoms with Gasteiger partial charge in [-0.3, -0.25) is 9.59 Å². The Bertz CT molecular complexity index is 396. The van der Waals surface area contributed by atoms with Crippen molar-refractivity contribution in [2.45, 2.75) is 31.5 Å². The van der Waals surface area contributed by atoms with Gasteiger partial charge in [-0.1, -0.05) is 0 Å². The van der Waals surface area contributed by atoms with E-state index in [2.05, 4.69) is 4.74 Å². The quantitative estimate of drug-likeness (QED) is 0.705. The van der Waals surface area contributed by atoms with Crippen LogP contribution >= 0.6 is 0 Å². The van der Waals surface area contributed by atoms with Gasteiger partial charge in [0.15, 0.2) is 6.10 Å². The number of carboxylic acid groups (broad SMARTS) is 1. The third-order valence-corrected chi connectivity index (χ3v) is 3.60. The maximum Gasteiger partial charge on any atom is 0.332 e. The van der Waals surface area contributed by atoms with Crippen molar-refractivity contribution in [3.63, 3.8) is 0 Å². The number of amides is 1. The molecule has 1 amide bonds. The van der Waals surface area contributed by atoms with Crippen molar-refractivity contribution in [2.24, 2.45) is 5.92 Å². The minimum atomic E-state index is -1.04. The van der Waals surface area contributed by atoms with Crippen LogP contribution in [0.15, 0.2) is 0 Å². The first-order chi connectivity index (χ1) is 9.02. The first-order valence-corrected chi connectivity index (χ1v) is 6.27. The highest BCUT2D eigenvalue weighted by Gasteiger charge is 2.40. The summed E-state index contributed by atoms with van der Waals surface area (Å²) < 4.78 is 9.86. The Hall–Kier alpha value is -1.63. The highest BCUT2D eigenvalue weighted by molar-refractivity contribution is 5.84. The van der Waals surface area contributed by atoms with Crippen molar-refractivity contribution in [3.8, 4) is 0 Å². The number of esters is 1. The lowest BCUT2D eigenvalue weighted by molar-refractivity contribution is -0.154. The summed E-state index contributed by atoms with van der Waals surface area (Å²) in [6.45, 7) is 0.805. The number of carboxylic acids is 1. The van der Waals surface area contributed by atoms with Gasteiger partial charge < -0.3 is 19.5 Å². The topological polar surface area (TPSA) is 93.1 Å². The molecule has 2 aliphatic rings. The van der Waals surface area contributed by atoms with Crippen molar-refractivity contribution in [2.75, 3.05) is 20.2 Å². The van der Waals surface area contributed by atoms with Crippen molar-refractivity contribution < 1.29 is 29.0 Å². The second-order valence-corrected chi connectivity index (χ2v) is 4.82. The summed E-state index contributed by atoms with van der Waals surface area (Å²) in [5.41, 5.74) is 0. The van der Waals surface area contributed by atoms with Gasteiger partial charge in [0, 0.05) is 13.1 Å². The van der Waals surface area contributed by atoms with Gasteiger partial charge in [-0.15, -0.1) is 0 Å². The van der Waals surface area contributed by atoms with Gasteiger partial charge >= 0.3 is 11.9 Å². The van der Waals surface area contributed by atoms with Gasteiger partial charge in [0.1, 0.15) is 6.10 Å². The first-order valence-electron chi connectivity index (χ1n) is 6.27. The number of carbonyl (C=O) groups is 3. The second kappa shape index (κ2) is 5.56. The van der Waals surface area contributed by atoms with Crippen LogP contribution in [0.25, 0.3) is 0 Å². The Morgan fingerprint density at radius 3 is 2.47 bits per heavy atom. The molecule has 1 N–H and O–H groups in total. The van der Waals surface area contributed by atoms with Gasteiger partial charge in [-0.2, -0.15) is 0 Å². The summed E-state index contributed by atoms with van der Waals surface area (Å²) in [6, 6.07) is 0. The lowest BCUT2D eigenvalue weighted by Crippen LogP contribution is -2.38. The Morgan fingerprint density at radius 2 is 1.89 bits per heavy atom. The third-order valence-electron chi connectivity index (χ3n) is 3.60. The van der Waals surface area contributed by atoms with Crippen LogP contribution in [0.5, 0.6) is 0 Å². The number of hydrogen-bond acceptors (Lipinski definition) is 5. The largest absolute Gasteiger partial charge is 0.479 e. The molecule has 19 heavy (non-hydrogen) atoms. The van der Waals surface area contributed by atoms with Crippen LogP contribution in [0.3, 0.4) is 0 Å². The number of aliphatic carboxylic acids is 1. The molecule has 2 rings (SSSR count). The zero-order chi connectivity index (χ0) is 14.0. The van der Waals surface area contributed by atoms with Gasteiger partial charge in [-0.25, -0.2) is 4.79 Å². The predicted molar refractivity (Wildman–Crippen MR) is 62.2 cm³/mol. The molecule has 2 heterocycles. The molecule has 0 saturated carbocycles. The molecule has 0 aromatic rings. The van der Waals surface area contributed by atoms with Crippen LogP contribution in [0.1, 0.15) is 19.3 Å². The van der Waals surface area contributed by atoms with Gasteiger partial charge in [0.2, 0.25) is 0 Å². The molecule has 2 aliphatic heterocycles. The molecule has 0 radical (unpaired) electrons. The molecule has 0 spiro atoms. The van der Waals surface area contributed by atoms with Crippen LogP contribution in [0.2, 0.25) is 0 Å². The molecule has 7 heteroatoms. The number of likely N-dealkylation sites (tertiary alicyclic amines) is 1. The van der Waals surface area contributed by atoms with E-state index in [1.54, 1.807) is 4.90 Å². The molecule has 0 aromatic heterocycles. The zero-order valence-electron chi connectivity index (χ0n) is 10.7. The number of carbonyl (C=O) groups excluding carboxylic acids is 2. The van der Waals surface area contributed by atoms with Crippen LogP contribution in [-0.2, 0) is 23.9 Å². The van der Waals surface area contributed by atoms with Crippen molar-refractivity contribution in [1.29, 1.82) is 0 Å². The van der Waals surface area contributed by atoms with E-state index in [-0.39, 0.29) is 17.8 Å². The van der Waals surface area contributed by atoms with E-state index in [0.717, 1.165) is 0 Å². The standard InChI is InChI=1S/C12H17NO6/c1-18-12(17)7-4-5-13(6-7)10(14)8-2-3-9(19-8)11(15)16/h7-9H,2-6H2,1H3,(H,15,16). The van der Waals surface area contributed by atoms with Gasteiger partial charge in [-0.05, 0) is 19.3 Å². The molecular weight excluding hydrogens is 254 g/mol. The third kappa shape index (κ3) is 2.86. The summed E-state index contributed by atoms with van der Waals surface area (Å²) in [7, 11) is 1.32. The number of ether oxygens (including phenoxy) is 2. The minimum Gasteiger partial charge on any atom is -0.479 e. The maximum absolute atomic E-state index is 12.1. The van der Waals surface area contributed by atoms with E-state index < -0.39 is 18.2 Å². The number of hydrogen-bond donors (Lipinski definition) is 1. The molecule has 2 fully saturated rings. The fourth-order valence-electron chi connectivity index (χ4n) is 2.52. The van der Waals surface area contributed by atoms with Gasteiger partial charge in [0.05, 0.1) is 13.0 Å². The number of nitrogens with zero attached hydrogens (tertiary/aromatic N) is 1. The van der Waals surface area contributed by atoms with E-state index in [9.17, 15) is 14.4 Å². The average Bonchev–Trinajstić information content (AvgIpc) is 3.05. The summed E-state index contributed by atoms with van der Waals surface area (Å²) >= 11 is 0. The second-order valence-electron chi connectivity index (χ2n) is 4.82. The Morgan fingerprint density at radius 1 is 1.21 bits per heavy atom. The number of methoxy groups -OCH3 is 1. The molecule has 0 bridgehead atoms. The fourth-order valence-corrected chi connectivity index (χ4v) is 2.52. The summed E-state index contributed by atoms with van der Waals surface area (Å²) in [5.74, 6) is -1.86. The maximum atomic E-state index is 12.1. The average molecular weight is 271 g/mol. The van der Waals surface area contributed by atoms with E-state index in [4.69, 9.17) is 9.84 Å². The van der Waals surface area contributed by atoms with E-state index in [1.165, 1.54) is 7.11 Å². The molecule has 3 atom stereocenters. The van der Waals surface area contributed by atoms with Crippen LogP contribution in [0, 0.1) is 5.92 Å². The normalized spacial score (nSPS) is 30.4. The summed E-state index contributed by atoms with van der Waals surface area (Å²) in [5, 5.41) is 8.81. The predicted octanol–water partition coefficient (Wildman–Crippen LogP) is -0.360. The minimum absolute atomic E-state index is 0.227. The van der Waals surface area contributed by atoms with Crippen molar-refractivity contribution in [3.05, 3.63) is 0 Å². The smallest absolute Gasteiger partial charge is 0.332 e.